The average molecular weight is 329 g/mol. The average Bonchev–Trinajstić information content (AvgIpc) is 2.90. The third kappa shape index (κ3) is 3.31. The summed E-state index contributed by atoms with van der Waals surface area (Å²) >= 11 is 0. The Labute approximate surface area is 147 Å². The van der Waals surface area contributed by atoms with Crippen LogP contribution in [0.2, 0.25) is 0 Å². The van der Waals surface area contributed by atoms with Crippen LogP contribution in [0.1, 0.15) is 32.9 Å². The SMILES string of the molecule is Cc1cc(-c2ccc(C#N)cc2)c(C)n1Cc1ccc(C(N)=O)cc1. The molecule has 2 aromatic carbocycles. The molecule has 0 atom stereocenters. The number of nitrogens with zero attached hydrogens (tertiary/aromatic N) is 2. The third-order valence-electron chi connectivity index (χ3n) is 4.48. The molecule has 1 heterocycles. The predicted molar refractivity (Wildman–Crippen MR) is 98.1 cm³/mol. The Bertz CT molecular complexity index is 958. The molecular formula is C21H19N3O. The van der Waals surface area contributed by atoms with E-state index >= 15 is 0 Å². The van der Waals surface area contributed by atoms with Gasteiger partial charge in [-0.1, -0.05) is 24.3 Å². The fraction of sp³-hybridized carbons (Fsp3) is 0.143. The molecule has 0 radical (unpaired) electrons. The molecule has 2 N–H and O–H groups in total. The number of benzene rings is 2. The van der Waals surface area contributed by atoms with Crippen LogP contribution in [0, 0.1) is 25.2 Å². The van der Waals surface area contributed by atoms with Gasteiger partial charge in [-0.05, 0) is 55.3 Å². The third-order valence-corrected chi connectivity index (χ3v) is 4.48. The van der Waals surface area contributed by atoms with E-state index in [-0.39, 0.29) is 0 Å². The smallest absolute Gasteiger partial charge is 0.248 e. The second-order valence-corrected chi connectivity index (χ2v) is 6.12. The zero-order valence-electron chi connectivity index (χ0n) is 14.3. The van der Waals surface area contributed by atoms with E-state index in [0.29, 0.717) is 11.1 Å². The number of hydrogen-bond acceptors (Lipinski definition) is 2. The van der Waals surface area contributed by atoms with Gasteiger partial charge in [0.15, 0.2) is 0 Å². The molecule has 0 saturated carbocycles. The van der Waals surface area contributed by atoms with Crippen molar-refractivity contribution in [2.45, 2.75) is 20.4 Å². The van der Waals surface area contributed by atoms with Crippen molar-refractivity contribution in [1.82, 2.24) is 4.57 Å². The van der Waals surface area contributed by atoms with E-state index < -0.39 is 5.91 Å². The minimum atomic E-state index is -0.414. The van der Waals surface area contributed by atoms with Crippen molar-refractivity contribution in [3.05, 3.63) is 82.7 Å². The molecule has 0 saturated heterocycles. The highest BCUT2D eigenvalue weighted by atomic mass is 16.1. The summed E-state index contributed by atoms with van der Waals surface area (Å²) in [6.07, 6.45) is 0. The molecule has 124 valence electrons. The van der Waals surface area contributed by atoms with Crippen molar-refractivity contribution >= 4 is 5.91 Å². The number of carbonyl (C=O) groups excluding carboxylic acids is 1. The summed E-state index contributed by atoms with van der Waals surface area (Å²) in [5, 5.41) is 8.94. The van der Waals surface area contributed by atoms with Gasteiger partial charge in [-0.25, -0.2) is 0 Å². The highest BCUT2D eigenvalue weighted by Gasteiger charge is 2.11. The summed E-state index contributed by atoms with van der Waals surface area (Å²) in [4.78, 5) is 11.2. The molecular weight excluding hydrogens is 310 g/mol. The van der Waals surface area contributed by atoms with E-state index in [9.17, 15) is 4.79 Å². The summed E-state index contributed by atoms with van der Waals surface area (Å²) in [5.74, 6) is -0.414. The van der Waals surface area contributed by atoms with Crippen LogP contribution in [0.5, 0.6) is 0 Å². The summed E-state index contributed by atoms with van der Waals surface area (Å²) in [6.45, 7) is 4.91. The number of amides is 1. The van der Waals surface area contributed by atoms with Crippen molar-refractivity contribution in [2.24, 2.45) is 5.73 Å². The van der Waals surface area contributed by atoms with Crippen LogP contribution in [0.4, 0.5) is 0 Å². The van der Waals surface area contributed by atoms with Gasteiger partial charge in [0.25, 0.3) is 0 Å². The summed E-state index contributed by atoms with van der Waals surface area (Å²) in [5.41, 5.74) is 12.2. The van der Waals surface area contributed by atoms with Gasteiger partial charge in [-0.2, -0.15) is 5.26 Å². The van der Waals surface area contributed by atoms with Crippen LogP contribution < -0.4 is 5.73 Å². The van der Waals surface area contributed by atoms with Gasteiger partial charge in [-0.3, -0.25) is 4.79 Å². The van der Waals surface area contributed by atoms with Crippen molar-refractivity contribution in [3.8, 4) is 17.2 Å². The zero-order chi connectivity index (χ0) is 18.0. The number of aryl methyl sites for hydroxylation is 1. The van der Waals surface area contributed by atoms with Crippen molar-refractivity contribution in [1.29, 1.82) is 5.26 Å². The molecule has 3 rings (SSSR count). The summed E-state index contributed by atoms with van der Waals surface area (Å²) < 4.78 is 2.24. The molecule has 1 aromatic heterocycles. The standard InChI is InChI=1S/C21H19N3O/c1-14-11-20(18-7-3-16(12-22)4-8-18)15(2)24(14)13-17-5-9-19(10-6-17)21(23)25/h3-11H,13H2,1-2H3,(H2,23,25). The van der Waals surface area contributed by atoms with Crippen LogP contribution in [0.25, 0.3) is 11.1 Å². The highest BCUT2D eigenvalue weighted by Crippen LogP contribution is 2.27. The minimum absolute atomic E-state index is 0.414. The lowest BCUT2D eigenvalue weighted by molar-refractivity contribution is 0.100. The number of carbonyl (C=O) groups is 1. The van der Waals surface area contributed by atoms with Crippen LogP contribution in [0.15, 0.2) is 54.6 Å². The molecule has 1 amide bonds. The number of nitriles is 1. The van der Waals surface area contributed by atoms with E-state index in [1.54, 1.807) is 12.1 Å². The van der Waals surface area contributed by atoms with Crippen molar-refractivity contribution in [2.75, 3.05) is 0 Å². The first-order chi connectivity index (χ1) is 12.0. The molecule has 0 aliphatic carbocycles. The lowest BCUT2D eigenvalue weighted by Crippen LogP contribution is -2.11. The first-order valence-corrected chi connectivity index (χ1v) is 8.05. The highest BCUT2D eigenvalue weighted by molar-refractivity contribution is 5.92. The Kier molecular flexibility index (Phi) is 4.40. The molecule has 0 aliphatic rings. The number of nitrogens with two attached hydrogens (primary N) is 1. The quantitative estimate of drug-likeness (QED) is 0.791. The molecule has 25 heavy (non-hydrogen) atoms. The Balaban J connectivity index is 1.91. The van der Waals surface area contributed by atoms with Gasteiger partial charge < -0.3 is 10.3 Å². The maximum Gasteiger partial charge on any atom is 0.248 e. The maximum absolute atomic E-state index is 11.2. The second-order valence-electron chi connectivity index (χ2n) is 6.12. The van der Waals surface area contributed by atoms with Crippen LogP contribution in [-0.2, 0) is 6.54 Å². The Morgan fingerprint density at radius 2 is 1.72 bits per heavy atom. The minimum Gasteiger partial charge on any atom is -0.366 e. The van der Waals surface area contributed by atoms with Crippen LogP contribution >= 0.6 is 0 Å². The van der Waals surface area contributed by atoms with Crippen molar-refractivity contribution < 1.29 is 4.79 Å². The molecule has 4 nitrogen and oxygen atoms in total. The van der Waals surface area contributed by atoms with Gasteiger partial charge in [0.2, 0.25) is 5.91 Å². The topological polar surface area (TPSA) is 71.8 Å². The molecule has 0 unspecified atom stereocenters. The predicted octanol–water partition coefficient (Wildman–Crippen LogP) is 3.79. The molecule has 0 aliphatic heterocycles. The molecule has 4 heteroatoms. The first-order valence-electron chi connectivity index (χ1n) is 8.05. The molecule has 0 bridgehead atoms. The fourth-order valence-corrected chi connectivity index (χ4v) is 3.02. The number of hydrogen-bond donors (Lipinski definition) is 1. The largest absolute Gasteiger partial charge is 0.366 e. The van der Waals surface area contributed by atoms with E-state index in [1.807, 2.05) is 36.4 Å². The Morgan fingerprint density at radius 1 is 1.08 bits per heavy atom. The Hall–Kier alpha value is -3.32. The maximum atomic E-state index is 11.2. The number of rotatable bonds is 4. The lowest BCUT2D eigenvalue weighted by Gasteiger charge is -2.11. The summed E-state index contributed by atoms with van der Waals surface area (Å²) in [6, 6.07) is 19.3. The molecule has 3 aromatic rings. The van der Waals surface area contributed by atoms with E-state index in [2.05, 4.69) is 30.6 Å². The normalized spacial score (nSPS) is 10.4. The van der Waals surface area contributed by atoms with Gasteiger partial charge in [0.05, 0.1) is 11.6 Å². The van der Waals surface area contributed by atoms with Gasteiger partial charge >= 0.3 is 0 Å². The zero-order valence-corrected chi connectivity index (χ0v) is 14.3. The van der Waals surface area contributed by atoms with E-state index in [0.717, 1.165) is 28.9 Å². The van der Waals surface area contributed by atoms with E-state index in [1.165, 1.54) is 5.69 Å². The molecule has 0 fully saturated rings. The van der Waals surface area contributed by atoms with Crippen molar-refractivity contribution in [3.63, 3.8) is 0 Å². The van der Waals surface area contributed by atoms with Crippen LogP contribution in [-0.4, -0.2) is 10.5 Å². The van der Waals surface area contributed by atoms with Gasteiger partial charge in [0.1, 0.15) is 0 Å². The molecule has 0 spiro atoms. The monoisotopic (exact) mass is 329 g/mol. The van der Waals surface area contributed by atoms with Gasteiger partial charge in [0, 0.05) is 29.1 Å². The first kappa shape index (κ1) is 16.5. The van der Waals surface area contributed by atoms with E-state index in [4.69, 9.17) is 11.0 Å². The second kappa shape index (κ2) is 6.66. The lowest BCUT2D eigenvalue weighted by atomic mass is 10.0. The fourth-order valence-electron chi connectivity index (χ4n) is 3.02. The van der Waals surface area contributed by atoms with Crippen LogP contribution in [0.3, 0.4) is 0 Å². The Morgan fingerprint density at radius 3 is 2.28 bits per heavy atom. The summed E-state index contributed by atoms with van der Waals surface area (Å²) in [7, 11) is 0. The number of aromatic nitrogens is 1. The van der Waals surface area contributed by atoms with Gasteiger partial charge in [-0.15, -0.1) is 0 Å². The number of primary amides is 1.